The molecule has 4 aliphatic carbocycles. The minimum atomic E-state index is -0.575. The van der Waals surface area contributed by atoms with Crippen molar-refractivity contribution in [3.05, 3.63) is 408 Å². The zero-order valence-corrected chi connectivity index (χ0v) is 55.4. The van der Waals surface area contributed by atoms with E-state index in [1.165, 1.54) is 106 Å². The highest BCUT2D eigenvalue weighted by atomic mass is 16.3. The molecule has 2 spiro atoms. The van der Waals surface area contributed by atoms with Crippen molar-refractivity contribution in [2.75, 3.05) is 9.80 Å². The van der Waals surface area contributed by atoms with Gasteiger partial charge in [0.2, 0.25) is 0 Å². The number of rotatable bonds is 9. The van der Waals surface area contributed by atoms with Gasteiger partial charge in [0, 0.05) is 61.7 Å². The third kappa shape index (κ3) is 7.97. The maximum atomic E-state index is 6.63. The van der Waals surface area contributed by atoms with Crippen LogP contribution in [0.25, 0.3) is 122 Å². The summed E-state index contributed by atoms with van der Waals surface area (Å²) in [6.07, 6.45) is 0. The van der Waals surface area contributed by atoms with Crippen molar-refractivity contribution in [3.63, 3.8) is 0 Å². The molecule has 0 bridgehead atoms. The van der Waals surface area contributed by atoms with Gasteiger partial charge in [-0.25, -0.2) is 0 Å². The van der Waals surface area contributed by atoms with Crippen molar-refractivity contribution in [2.24, 2.45) is 0 Å². The van der Waals surface area contributed by atoms with Gasteiger partial charge in [-0.15, -0.1) is 0 Å². The van der Waals surface area contributed by atoms with Crippen molar-refractivity contribution in [1.82, 2.24) is 0 Å². The van der Waals surface area contributed by atoms with E-state index in [0.29, 0.717) is 0 Å². The summed E-state index contributed by atoms with van der Waals surface area (Å²) in [5, 5.41) is 4.40. The van der Waals surface area contributed by atoms with Gasteiger partial charge < -0.3 is 18.6 Å². The van der Waals surface area contributed by atoms with Gasteiger partial charge in [0.1, 0.15) is 22.3 Å². The second kappa shape index (κ2) is 21.6. The Morgan fingerprint density at radius 3 is 1.06 bits per heavy atom. The molecule has 0 aliphatic heterocycles. The summed E-state index contributed by atoms with van der Waals surface area (Å²) in [5.41, 5.74) is 36.4. The first-order chi connectivity index (χ1) is 50.5. The molecule has 4 aliphatic rings. The van der Waals surface area contributed by atoms with Crippen molar-refractivity contribution in [3.8, 4) is 77.9 Å². The molecular formula is C98H60N2O2. The Morgan fingerprint density at radius 2 is 0.500 bits per heavy atom. The molecule has 474 valence electrons. The molecule has 0 radical (unpaired) electrons. The second-order valence-corrected chi connectivity index (χ2v) is 27.7. The van der Waals surface area contributed by atoms with Gasteiger partial charge in [0.15, 0.2) is 0 Å². The smallest absolute Gasteiger partial charge is 0.137 e. The van der Waals surface area contributed by atoms with Crippen LogP contribution in [0.1, 0.15) is 44.5 Å². The lowest BCUT2D eigenvalue weighted by atomic mass is 9.70. The predicted octanol–water partition coefficient (Wildman–Crippen LogP) is 26.1. The molecule has 0 saturated heterocycles. The fourth-order valence-electron chi connectivity index (χ4n) is 18.4. The fraction of sp³-hybridized carbons (Fsp3) is 0.0204. The van der Waals surface area contributed by atoms with E-state index in [-0.39, 0.29) is 0 Å². The first kappa shape index (κ1) is 56.7. The van der Waals surface area contributed by atoms with E-state index in [9.17, 15) is 0 Å². The lowest BCUT2D eigenvalue weighted by Crippen LogP contribution is -2.26. The zero-order valence-electron chi connectivity index (χ0n) is 55.4. The van der Waals surface area contributed by atoms with E-state index in [1.54, 1.807) is 0 Å². The summed E-state index contributed by atoms with van der Waals surface area (Å²) in [6, 6.07) is 135. The number of hydrogen-bond acceptors (Lipinski definition) is 4. The molecule has 2 heterocycles. The first-order valence-corrected chi connectivity index (χ1v) is 35.3. The van der Waals surface area contributed by atoms with Crippen molar-refractivity contribution < 1.29 is 8.83 Å². The summed E-state index contributed by atoms with van der Waals surface area (Å²) in [4.78, 5) is 4.81. The van der Waals surface area contributed by atoms with Gasteiger partial charge in [-0.05, 0) is 226 Å². The van der Waals surface area contributed by atoms with Gasteiger partial charge in [0.05, 0.1) is 10.8 Å². The van der Waals surface area contributed by atoms with Crippen LogP contribution in [-0.2, 0) is 10.8 Å². The number of fused-ring (bicyclic) bond motifs is 26. The van der Waals surface area contributed by atoms with Crippen molar-refractivity contribution in [1.29, 1.82) is 0 Å². The number of para-hydroxylation sites is 2. The van der Waals surface area contributed by atoms with Gasteiger partial charge >= 0.3 is 0 Å². The topological polar surface area (TPSA) is 32.8 Å². The maximum Gasteiger partial charge on any atom is 0.137 e. The molecule has 0 N–H and O–H groups in total. The normalized spacial score (nSPS) is 14.4. The number of hydrogen-bond donors (Lipinski definition) is 0. The number of furan rings is 2. The Balaban J connectivity index is 0.649. The molecule has 0 fully saturated rings. The second-order valence-electron chi connectivity index (χ2n) is 27.7. The number of benzene rings is 16. The van der Waals surface area contributed by atoms with Gasteiger partial charge in [-0.2, -0.15) is 0 Å². The Labute approximate surface area is 590 Å². The van der Waals surface area contributed by atoms with Crippen LogP contribution in [-0.4, -0.2) is 0 Å². The lowest BCUT2D eigenvalue weighted by molar-refractivity contribution is 0.668. The summed E-state index contributed by atoms with van der Waals surface area (Å²) >= 11 is 0. The Kier molecular flexibility index (Phi) is 12.0. The van der Waals surface area contributed by atoms with Crippen LogP contribution in [0, 0.1) is 0 Å². The Bertz CT molecular complexity index is 6490. The van der Waals surface area contributed by atoms with E-state index >= 15 is 0 Å². The molecule has 0 saturated carbocycles. The predicted molar refractivity (Wildman–Crippen MR) is 419 cm³/mol. The van der Waals surface area contributed by atoms with Gasteiger partial charge in [0.25, 0.3) is 0 Å². The average molecular weight is 1300 g/mol. The SMILES string of the molecule is c1ccc(-c2ccc(N(c3ccc4c(c3)-c3ccccc3C43c4ccccc4-c4ccc(-c5cccc(-c6ccc(N(c7ccc8c(c7)-c7ccccc7C87c8ccccc8-c8ccccc87)c7ccc8c(c7)oc7ccccc78)cc6)c5)cc43)c3ccc4oc5ccccc5c4c3)cc2)cc1. The molecule has 4 nitrogen and oxygen atoms in total. The van der Waals surface area contributed by atoms with E-state index < -0.39 is 10.8 Å². The summed E-state index contributed by atoms with van der Waals surface area (Å²) in [7, 11) is 0. The molecule has 18 aromatic rings. The van der Waals surface area contributed by atoms with E-state index in [0.717, 1.165) is 94.7 Å². The van der Waals surface area contributed by atoms with Crippen LogP contribution in [0.15, 0.2) is 373 Å². The fourth-order valence-corrected chi connectivity index (χ4v) is 18.4. The van der Waals surface area contributed by atoms with E-state index in [4.69, 9.17) is 8.83 Å². The molecule has 4 heteroatoms. The first-order valence-electron chi connectivity index (χ1n) is 35.3. The highest BCUT2D eigenvalue weighted by molar-refractivity contribution is 6.08. The van der Waals surface area contributed by atoms with Crippen molar-refractivity contribution >= 4 is 78.0 Å². The van der Waals surface area contributed by atoms with Gasteiger partial charge in [-0.3, -0.25) is 0 Å². The van der Waals surface area contributed by atoms with E-state index in [2.05, 4.69) is 362 Å². The largest absolute Gasteiger partial charge is 0.456 e. The van der Waals surface area contributed by atoms with Crippen LogP contribution in [0.4, 0.5) is 34.1 Å². The minimum Gasteiger partial charge on any atom is -0.456 e. The summed E-state index contributed by atoms with van der Waals surface area (Å²) in [5.74, 6) is 0. The van der Waals surface area contributed by atoms with Gasteiger partial charge in [-0.1, -0.05) is 255 Å². The Hall–Kier alpha value is -13.3. The standard InChI is InChI=1S/C98H60N2O2/c1-2-19-61(20-3-1)62-37-42-67(43-38-62)99(71-49-54-95-84(59-71)80-29-10-17-36-94(80)101-95)69-48-53-91-83(57-69)77-27-8-15-34-89(77)98(91)87-32-13-6-25-75(87)78-50-41-66(56-92(78)98)65-22-18-21-64(55-65)63-39-44-68(45-40-63)100(72-46-51-81-79-28-9-16-35-93(79)102-96(81)60-72)70-47-52-90-82(58-70)76-26-7-14-33-88(76)97(90)85-30-11-4-23-73(85)74-24-5-12-31-86(74)97/h1-60H. The number of anilines is 6. The molecule has 22 rings (SSSR count). The van der Waals surface area contributed by atoms with Crippen LogP contribution in [0.5, 0.6) is 0 Å². The molecule has 102 heavy (non-hydrogen) atoms. The molecule has 0 amide bonds. The maximum absolute atomic E-state index is 6.63. The zero-order chi connectivity index (χ0) is 66.8. The molecular weight excluding hydrogens is 1240 g/mol. The molecule has 16 aromatic carbocycles. The molecule has 1 atom stereocenters. The molecule has 1 unspecified atom stereocenters. The van der Waals surface area contributed by atoms with Crippen LogP contribution < -0.4 is 9.80 Å². The van der Waals surface area contributed by atoms with Crippen LogP contribution in [0.2, 0.25) is 0 Å². The third-order valence-electron chi connectivity index (χ3n) is 22.7. The lowest BCUT2D eigenvalue weighted by Gasteiger charge is -2.31. The third-order valence-corrected chi connectivity index (χ3v) is 22.7. The van der Waals surface area contributed by atoms with Crippen LogP contribution >= 0.6 is 0 Å². The quantitative estimate of drug-likeness (QED) is 0.144. The number of nitrogens with zero attached hydrogens (tertiary/aromatic N) is 2. The summed E-state index contributed by atoms with van der Waals surface area (Å²) in [6.45, 7) is 0. The van der Waals surface area contributed by atoms with E-state index in [1.807, 2.05) is 12.1 Å². The Morgan fingerprint density at radius 1 is 0.167 bits per heavy atom. The van der Waals surface area contributed by atoms with Crippen molar-refractivity contribution in [2.45, 2.75) is 10.8 Å². The minimum absolute atomic E-state index is 0.438. The highest BCUT2D eigenvalue weighted by Gasteiger charge is 2.53. The average Bonchev–Trinajstić information content (AvgIpc) is 1.52. The monoisotopic (exact) mass is 1300 g/mol. The molecule has 2 aromatic heterocycles. The summed E-state index contributed by atoms with van der Waals surface area (Å²) < 4.78 is 13.0. The highest BCUT2D eigenvalue weighted by Crippen LogP contribution is 2.66. The van der Waals surface area contributed by atoms with Crippen LogP contribution in [0.3, 0.4) is 0 Å².